The van der Waals surface area contributed by atoms with Crippen LogP contribution in [-0.2, 0) is 0 Å². The number of ether oxygens (including phenoxy) is 1. The molecule has 4 aromatic rings. The number of carbonyl (C=O) groups is 2. The standard InChI is InChI=1S/C34H32O9/c1-4-5-6-7-22(28-17(3)10-21(14-26(28)38)43-20-9-16(2)8-18(35)11-20)29-27(39)15-24-31(33(29)41)34(42)30-23(32(24)40)12-19(36)13-25(30)37/h8-15,22,35-39,41H,4-7H2,1-3H3. The van der Waals surface area contributed by atoms with Crippen LogP contribution in [0.3, 0.4) is 0 Å². The van der Waals surface area contributed by atoms with Gasteiger partial charge in [-0.15, -0.1) is 0 Å². The van der Waals surface area contributed by atoms with Gasteiger partial charge in [0.05, 0.1) is 11.1 Å². The Labute approximate surface area is 247 Å². The van der Waals surface area contributed by atoms with E-state index < -0.39 is 40.5 Å². The van der Waals surface area contributed by atoms with Crippen molar-refractivity contribution in [1.82, 2.24) is 0 Å². The molecular weight excluding hydrogens is 552 g/mol. The Bertz CT molecular complexity index is 1740. The lowest BCUT2D eigenvalue weighted by Crippen LogP contribution is -2.22. The van der Waals surface area contributed by atoms with Crippen molar-refractivity contribution in [3.05, 3.63) is 93.0 Å². The number of hydrogen-bond donors (Lipinski definition) is 6. The predicted molar refractivity (Wildman–Crippen MR) is 158 cm³/mol. The van der Waals surface area contributed by atoms with Gasteiger partial charge < -0.3 is 35.4 Å². The molecule has 0 amide bonds. The summed E-state index contributed by atoms with van der Waals surface area (Å²) in [5.41, 5.74) is 0.480. The topological polar surface area (TPSA) is 165 Å². The molecule has 0 fully saturated rings. The highest BCUT2D eigenvalue weighted by molar-refractivity contribution is 6.30. The van der Waals surface area contributed by atoms with E-state index in [4.69, 9.17) is 4.74 Å². The minimum atomic E-state index is -0.834. The van der Waals surface area contributed by atoms with Gasteiger partial charge >= 0.3 is 0 Å². The third kappa shape index (κ3) is 5.30. The van der Waals surface area contributed by atoms with Crippen LogP contribution >= 0.6 is 0 Å². The number of ketones is 2. The molecule has 1 aliphatic rings. The molecule has 0 aliphatic heterocycles. The smallest absolute Gasteiger partial charge is 0.201 e. The van der Waals surface area contributed by atoms with E-state index in [2.05, 4.69) is 0 Å². The van der Waals surface area contributed by atoms with Gasteiger partial charge in [-0.1, -0.05) is 26.2 Å². The summed E-state index contributed by atoms with van der Waals surface area (Å²) in [4.78, 5) is 26.9. The zero-order chi connectivity index (χ0) is 31.2. The monoisotopic (exact) mass is 584 g/mol. The largest absolute Gasteiger partial charge is 0.508 e. The molecule has 43 heavy (non-hydrogen) atoms. The summed E-state index contributed by atoms with van der Waals surface area (Å²) in [6.45, 7) is 5.57. The highest BCUT2D eigenvalue weighted by Gasteiger charge is 2.38. The number of phenolic OH excluding ortho intramolecular Hbond substituents is 6. The lowest BCUT2D eigenvalue weighted by Gasteiger charge is -2.27. The minimum Gasteiger partial charge on any atom is -0.508 e. The first-order valence-electron chi connectivity index (χ1n) is 14.0. The zero-order valence-electron chi connectivity index (χ0n) is 23.9. The Morgan fingerprint density at radius 1 is 0.651 bits per heavy atom. The van der Waals surface area contributed by atoms with Gasteiger partial charge in [0.15, 0.2) is 5.78 Å². The summed E-state index contributed by atoms with van der Waals surface area (Å²) in [5, 5.41) is 64.3. The summed E-state index contributed by atoms with van der Waals surface area (Å²) in [5.74, 6) is -3.95. The molecule has 0 heterocycles. The quantitative estimate of drug-likeness (QED) is 0.107. The summed E-state index contributed by atoms with van der Waals surface area (Å²) in [7, 11) is 0. The van der Waals surface area contributed by atoms with Crippen molar-refractivity contribution in [2.75, 3.05) is 0 Å². The lowest BCUT2D eigenvalue weighted by atomic mass is 9.77. The molecule has 0 bridgehead atoms. The first kappa shape index (κ1) is 29.3. The summed E-state index contributed by atoms with van der Waals surface area (Å²) in [6, 6.07) is 10.9. The van der Waals surface area contributed by atoms with Crippen LogP contribution in [0.4, 0.5) is 0 Å². The number of aromatic hydroxyl groups is 6. The Morgan fingerprint density at radius 3 is 1.98 bits per heavy atom. The van der Waals surface area contributed by atoms with Gasteiger partial charge in [0.25, 0.3) is 0 Å². The molecule has 6 N–H and O–H groups in total. The average molecular weight is 585 g/mol. The van der Waals surface area contributed by atoms with E-state index in [-0.39, 0.29) is 39.3 Å². The number of carbonyl (C=O) groups excluding carboxylic acids is 2. The highest BCUT2D eigenvalue weighted by Crippen LogP contribution is 2.50. The van der Waals surface area contributed by atoms with Gasteiger partial charge in [-0.3, -0.25) is 9.59 Å². The summed E-state index contributed by atoms with van der Waals surface area (Å²) in [6.07, 6.45) is 2.74. The highest BCUT2D eigenvalue weighted by atomic mass is 16.5. The van der Waals surface area contributed by atoms with Crippen molar-refractivity contribution in [1.29, 1.82) is 0 Å². The molecule has 0 radical (unpaired) electrons. The van der Waals surface area contributed by atoms with Crippen LogP contribution in [0.1, 0.15) is 92.6 Å². The van der Waals surface area contributed by atoms with Gasteiger partial charge in [0.2, 0.25) is 5.78 Å². The van der Waals surface area contributed by atoms with Gasteiger partial charge in [-0.2, -0.15) is 0 Å². The lowest BCUT2D eigenvalue weighted by molar-refractivity contribution is 0.0973. The molecule has 222 valence electrons. The number of phenols is 6. The van der Waals surface area contributed by atoms with Crippen molar-refractivity contribution in [2.24, 2.45) is 0 Å². The minimum absolute atomic E-state index is 0.0303. The second-order valence-corrected chi connectivity index (χ2v) is 11.0. The van der Waals surface area contributed by atoms with Gasteiger partial charge in [0.1, 0.15) is 46.0 Å². The van der Waals surface area contributed by atoms with Crippen LogP contribution in [0.5, 0.6) is 46.0 Å². The van der Waals surface area contributed by atoms with Crippen molar-refractivity contribution < 1.29 is 45.0 Å². The van der Waals surface area contributed by atoms with Crippen LogP contribution in [-0.4, -0.2) is 42.2 Å². The molecule has 1 unspecified atom stereocenters. The molecular formula is C34H32O9. The summed E-state index contributed by atoms with van der Waals surface area (Å²) >= 11 is 0. The van der Waals surface area contributed by atoms with E-state index in [9.17, 15) is 40.2 Å². The molecule has 1 aliphatic carbocycles. The number of fused-ring (bicyclic) bond motifs is 2. The molecule has 4 aromatic carbocycles. The third-order valence-corrected chi connectivity index (χ3v) is 7.77. The van der Waals surface area contributed by atoms with E-state index in [1.165, 1.54) is 12.1 Å². The van der Waals surface area contributed by atoms with Crippen LogP contribution in [0.15, 0.2) is 48.5 Å². The van der Waals surface area contributed by atoms with Crippen LogP contribution in [0, 0.1) is 13.8 Å². The Kier molecular flexibility index (Phi) is 7.67. The number of benzene rings is 4. The molecule has 1 atom stereocenters. The molecule has 0 saturated carbocycles. The maximum atomic E-state index is 13.6. The number of aryl methyl sites for hydroxylation is 2. The molecule has 5 rings (SSSR count). The van der Waals surface area contributed by atoms with Crippen molar-refractivity contribution in [2.45, 2.75) is 52.4 Å². The van der Waals surface area contributed by atoms with Crippen LogP contribution < -0.4 is 4.74 Å². The fourth-order valence-corrected chi connectivity index (χ4v) is 5.94. The number of rotatable bonds is 8. The second kappa shape index (κ2) is 11.2. The Balaban J connectivity index is 1.64. The molecule has 9 nitrogen and oxygen atoms in total. The summed E-state index contributed by atoms with van der Waals surface area (Å²) < 4.78 is 5.90. The van der Waals surface area contributed by atoms with Crippen molar-refractivity contribution in [3.8, 4) is 46.0 Å². The van der Waals surface area contributed by atoms with E-state index in [0.29, 0.717) is 35.5 Å². The predicted octanol–water partition coefficient (Wildman–Crippen LogP) is 6.82. The van der Waals surface area contributed by atoms with E-state index in [1.807, 2.05) is 6.92 Å². The molecule has 9 heteroatoms. The Hall–Kier alpha value is -5.18. The normalized spacial score (nSPS) is 13.0. The maximum Gasteiger partial charge on any atom is 0.201 e. The van der Waals surface area contributed by atoms with Gasteiger partial charge in [0, 0.05) is 46.4 Å². The van der Waals surface area contributed by atoms with E-state index in [0.717, 1.165) is 36.6 Å². The van der Waals surface area contributed by atoms with Crippen LogP contribution in [0.2, 0.25) is 0 Å². The second-order valence-electron chi connectivity index (χ2n) is 11.0. The fraction of sp³-hybridized carbons (Fsp3) is 0.235. The van der Waals surface area contributed by atoms with E-state index in [1.54, 1.807) is 32.0 Å². The Morgan fingerprint density at radius 2 is 1.30 bits per heavy atom. The van der Waals surface area contributed by atoms with E-state index >= 15 is 0 Å². The number of unbranched alkanes of at least 4 members (excludes halogenated alkanes) is 2. The third-order valence-electron chi connectivity index (χ3n) is 7.77. The van der Waals surface area contributed by atoms with Gasteiger partial charge in [-0.05, 0) is 61.7 Å². The SMILES string of the molecule is CCCCCC(c1c(C)cc(Oc2cc(C)cc(O)c2)cc1O)c1c(O)cc2c(c1O)C(=O)c1c(O)cc(O)cc1C2=O. The average Bonchev–Trinajstić information content (AvgIpc) is 2.90. The van der Waals surface area contributed by atoms with Crippen LogP contribution in [0.25, 0.3) is 0 Å². The van der Waals surface area contributed by atoms with Crippen molar-refractivity contribution in [3.63, 3.8) is 0 Å². The molecule has 0 saturated heterocycles. The molecule has 0 aromatic heterocycles. The first-order valence-corrected chi connectivity index (χ1v) is 14.0. The number of hydrogen-bond acceptors (Lipinski definition) is 9. The fourth-order valence-electron chi connectivity index (χ4n) is 5.94. The molecule has 0 spiro atoms. The van der Waals surface area contributed by atoms with Crippen molar-refractivity contribution >= 4 is 11.6 Å². The maximum absolute atomic E-state index is 13.6. The van der Waals surface area contributed by atoms with Gasteiger partial charge in [-0.25, -0.2) is 0 Å². The first-order chi connectivity index (χ1) is 20.4. The zero-order valence-corrected chi connectivity index (χ0v) is 23.9.